The summed E-state index contributed by atoms with van der Waals surface area (Å²) in [4.78, 5) is 29.7. The predicted octanol–water partition coefficient (Wildman–Crippen LogP) is 4.10. The zero-order valence-corrected chi connectivity index (χ0v) is 19.5. The van der Waals surface area contributed by atoms with Gasteiger partial charge in [-0.3, -0.25) is 9.36 Å². The third-order valence-corrected chi connectivity index (χ3v) is 6.39. The number of fused-ring (bicyclic) bond motifs is 1. The van der Waals surface area contributed by atoms with Crippen LogP contribution in [0.2, 0.25) is 0 Å². The molecule has 0 amide bonds. The fraction of sp³-hybridized carbons (Fsp3) is 0.174. The number of thiazole rings is 1. The van der Waals surface area contributed by atoms with Crippen LogP contribution in [0.25, 0.3) is 6.08 Å². The van der Waals surface area contributed by atoms with Gasteiger partial charge in [-0.15, -0.1) is 0 Å². The van der Waals surface area contributed by atoms with E-state index in [1.165, 1.54) is 6.92 Å². The Morgan fingerprint density at radius 2 is 1.85 bits per heavy atom. The highest BCUT2D eigenvalue weighted by Crippen LogP contribution is 2.38. The summed E-state index contributed by atoms with van der Waals surface area (Å²) in [6, 6.07) is 13.9. The molecule has 0 radical (unpaired) electrons. The topological polar surface area (TPSA) is 60.7 Å². The van der Waals surface area contributed by atoms with E-state index < -0.39 is 35.0 Å². The molecule has 1 unspecified atom stereocenters. The number of hydrogen-bond acceptors (Lipinski definition) is 5. The molecule has 0 N–H and O–H groups in total. The van der Waals surface area contributed by atoms with Crippen LogP contribution in [0.1, 0.15) is 24.1 Å². The lowest BCUT2D eigenvalue weighted by atomic mass is 9.95. The highest BCUT2D eigenvalue weighted by Gasteiger charge is 2.45. The number of allylic oxidation sites excluding steroid dienone is 1. The molecule has 2 heterocycles. The molecule has 1 atom stereocenters. The number of carbonyl (C=O) groups is 1. The zero-order chi connectivity index (χ0) is 23.8. The predicted molar refractivity (Wildman–Crippen MR) is 121 cm³/mol. The number of carbonyl (C=O) groups excluding carboxylic acids is 1. The van der Waals surface area contributed by atoms with Crippen molar-refractivity contribution in [3.63, 3.8) is 0 Å². The van der Waals surface area contributed by atoms with E-state index in [0.717, 1.165) is 20.4 Å². The minimum atomic E-state index is -4.92. The van der Waals surface area contributed by atoms with Crippen LogP contribution in [0.3, 0.4) is 0 Å². The zero-order valence-electron chi connectivity index (χ0n) is 17.1. The van der Waals surface area contributed by atoms with Crippen LogP contribution in [0.4, 0.5) is 13.2 Å². The van der Waals surface area contributed by atoms with E-state index in [4.69, 9.17) is 4.74 Å². The largest absolute Gasteiger partial charge is 0.463 e. The standard InChI is InChI=1S/C23H16BrF3N2O3S/c1-2-32-21(31)17-18(14-6-4-3-5-7-14)29-20(30)16(12-13-8-10-15(24)11-9-13)33-22(29)28-19(17)23(25,26)27/h3-12,18H,2H2,1H3/b16-12-. The maximum absolute atomic E-state index is 14.0. The lowest BCUT2D eigenvalue weighted by molar-refractivity contribution is -0.140. The second-order valence-corrected chi connectivity index (χ2v) is 8.95. The molecule has 1 aromatic heterocycles. The second kappa shape index (κ2) is 9.11. The molecule has 0 saturated heterocycles. The van der Waals surface area contributed by atoms with Gasteiger partial charge in [0.1, 0.15) is 0 Å². The van der Waals surface area contributed by atoms with E-state index in [0.29, 0.717) is 11.1 Å². The Labute approximate surface area is 198 Å². The number of alkyl halides is 3. The number of rotatable bonds is 4. The van der Waals surface area contributed by atoms with Crippen LogP contribution in [0, 0.1) is 0 Å². The summed E-state index contributed by atoms with van der Waals surface area (Å²) in [6.45, 7) is 1.37. The molecule has 1 aliphatic heterocycles. The number of ether oxygens (including phenoxy) is 1. The van der Waals surface area contributed by atoms with Crippen molar-refractivity contribution in [2.75, 3.05) is 6.61 Å². The van der Waals surface area contributed by atoms with E-state index >= 15 is 0 Å². The van der Waals surface area contributed by atoms with E-state index in [9.17, 15) is 22.8 Å². The van der Waals surface area contributed by atoms with E-state index in [-0.39, 0.29) is 15.9 Å². The van der Waals surface area contributed by atoms with Gasteiger partial charge in [-0.1, -0.05) is 69.7 Å². The minimum absolute atomic E-state index is 0.122. The van der Waals surface area contributed by atoms with E-state index in [2.05, 4.69) is 20.9 Å². The molecule has 170 valence electrons. The van der Waals surface area contributed by atoms with E-state index in [1.54, 1.807) is 60.7 Å². The molecule has 1 aliphatic rings. The fourth-order valence-electron chi connectivity index (χ4n) is 3.50. The monoisotopic (exact) mass is 536 g/mol. The molecular formula is C23H16BrF3N2O3S. The molecule has 0 saturated carbocycles. The summed E-state index contributed by atoms with van der Waals surface area (Å²) >= 11 is 4.17. The van der Waals surface area contributed by atoms with Crippen LogP contribution >= 0.6 is 27.3 Å². The summed E-state index contributed by atoms with van der Waals surface area (Å²) < 4.78 is 49.2. The Hall–Kier alpha value is -2.98. The average Bonchev–Trinajstić information content (AvgIpc) is 3.09. The normalized spacial score (nSPS) is 16.4. The van der Waals surface area contributed by atoms with Crippen LogP contribution < -0.4 is 14.9 Å². The average molecular weight is 537 g/mol. The molecule has 4 rings (SSSR count). The Bertz CT molecular complexity index is 1410. The summed E-state index contributed by atoms with van der Waals surface area (Å²) in [5.41, 5.74) is -1.57. The third kappa shape index (κ3) is 4.58. The molecule has 0 spiro atoms. The van der Waals surface area contributed by atoms with Crippen LogP contribution in [-0.2, 0) is 9.53 Å². The first kappa shape index (κ1) is 23.2. The highest BCUT2D eigenvalue weighted by atomic mass is 79.9. The van der Waals surface area contributed by atoms with E-state index in [1.807, 2.05) is 0 Å². The van der Waals surface area contributed by atoms with Crippen molar-refractivity contribution >= 4 is 39.3 Å². The molecule has 10 heteroatoms. The van der Waals surface area contributed by atoms with Crippen molar-refractivity contribution in [3.05, 3.63) is 101 Å². The van der Waals surface area contributed by atoms with Crippen LogP contribution in [0.15, 0.2) is 80.1 Å². The van der Waals surface area contributed by atoms with Crippen molar-refractivity contribution in [1.29, 1.82) is 0 Å². The lowest BCUT2D eigenvalue weighted by Gasteiger charge is -2.26. The van der Waals surface area contributed by atoms with Gasteiger partial charge in [-0.05, 0) is 36.3 Å². The van der Waals surface area contributed by atoms with Gasteiger partial charge in [-0.2, -0.15) is 13.2 Å². The number of esters is 1. The summed E-state index contributed by atoms with van der Waals surface area (Å²) in [5, 5.41) is 0. The maximum atomic E-state index is 14.0. The molecule has 0 aliphatic carbocycles. The van der Waals surface area contributed by atoms with Crippen molar-refractivity contribution in [1.82, 2.24) is 4.57 Å². The fourth-order valence-corrected chi connectivity index (χ4v) is 4.77. The minimum Gasteiger partial charge on any atom is -0.463 e. The molecule has 5 nitrogen and oxygen atoms in total. The summed E-state index contributed by atoms with van der Waals surface area (Å²) in [6.07, 6.45) is -3.34. The molecule has 0 fully saturated rings. The Morgan fingerprint density at radius 3 is 2.45 bits per heavy atom. The summed E-state index contributed by atoms with van der Waals surface area (Å²) in [5.74, 6) is -1.16. The van der Waals surface area contributed by atoms with Gasteiger partial charge < -0.3 is 4.74 Å². The highest BCUT2D eigenvalue weighted by molar-refractivity contribution is 9.10. The first-order valence-corrected chi connectivity index (χ1v) is 11.4. The second-order valence-electron chi connectivity index (χ2n) is 7.03. The molecular weight excluding hydrogens is 521 g/mol. The van der Waals surface area contributed by atoms with Crippen LogP contribution in [-0.4, -0.2) is 23.3 Å². The van der Waals surface area contributed by atoms with Gasteiger partial charge >= 0.3 is 12.1 Å². The summed E-state index contributed by atoms with van der Waals surface area (Å²) in [7, 11) is 0. The van der Waals surface area contributed by atoms with Crippen molar-refractivity contribution in [2.24, 2.45) is 4.99 Å². The molecule has 3 aromatic rings. The first-order valence-electron chi connectivity index (χ1n) is 9.81. The lowest BCUT2D eigenvalue weighted by Crippen LogP contribution is -2.41. The van der Waals surface area contributed by atoms with Crippen molar-refractivity contribution in [2.45, 2.75) is 19.1 Å². The quantitative estimate of drug-likeness (QED) is 0.471. The van der Waals surface area contributed by atoms with Gasteiger partial charge in [0.2, 0.25) is 0 Å². The van der Waals surface area contributed by atoms with Gasteiger partial charge in [0.15, 0.2) is 10.5 Å². The number of nitrogens with zero attached hydrogens (tertiary/aromatic N) is 2. The smallest absolute Gasteiger partial charge is 0.434 e. The molecule has 2 aromatic carbocycles. The first-order chi connectivity index (χ1) is 15.7. The van der Waals surface area contributed by atoms with Crippen LogP contribution in [0.5, 0.6) is 0 Å². The third-order valence-electron chi connectivity index (χ3n) is 4.88. The maximum Gasteiger partial charge on any atom is 0.434 e. The number of benzene rings is 2. The van der Waals surface area contributed by atoms with Gasteiger partial charge in [0.05, 0.1) is 22.8 Å². The molecule has 0 bridgehead atoms. The number of halogens is 4. The number of hydrogen-bond donors (Lipinski definition) is 0. The van der Waals surface area contributed by atoms with Gasteiger partial charge in [-0.25, -0.2) is 9.79 Å². The Kier molecular flexibility index (Phi) is 6.40. The van der Waals surface area contributed by atoms with Crippen molar-refractivity contribution < 1.29 is 22.7 Å². The van der Waals surface area contributed by atoms with Gasteiger partial charge in [0, 0.05) is 4.47 Å². The SMILES string of the molecule is CCOC(=O)C1=C(C(F)(F)F)N=c2s/c(=C\c3ccc(Br)cc3)c(=O)n2C1c1ccccc1. The Morgan fingerprint density at radius 1 is 1.18 bits per heavy atom. The number of aromatic nitrogens is 1. The van der Waals surface area contributed by atoms with Crippen molar-refractivity contribution in [3.8, 4) is 0 Å². The van der Waals surface area contributed by atoms with Gasteiger partial charge in [0.25, 0.3) is 5.56 Å². The Balaban J connectivity index is 2.04. The molecule has 33 heavy (non-hydrogen) atoms.